The van der Waals surface area contributed by atoms with Gasteiger partial charge < -0.3 is 4.90 Å². The van der Waals surface area contributed by atoms with Gasteiger partial charge in [-0.3, -0.25) is 9.48 Å². The van der Waals surface area contributed by atoms with E-state index in [1.807, 2.05) is 7.05 Å². The molecule has 132 valence electrons. The zero-order valence-corrected chi connectivity index (χ0v) is 15.1. The first-order valence-electron chi connectivity index (χ1n) is 8.63. The molecule has 1 atom stereocenters. The highest BCUT2D eigenvalue weighted by molar-refractivity contribution is 6.34. The molecule has 2 aromatic rings. The molecule has 1 amide bonds. The van der Waals surface area contributed by atoms with Gasteiger partial charge in [0.15, 0.2) is 0 Å². The van der Waals surface area contributed by atoms with Crippen LogP contribution in [0.1, 0.15) is 35.4 Å². The van der Waals surface area contributed by atoms with E-state index < -0.39 is 0 Å². The Morgan fingerprint density at radius 2 is 2.20 bits per heavy atom. The Labute approximate surface area is 150 Å². The maximum absolute atomic E-state index is 14.0. The van der Waals surface area contributed by atoms with Gasteiger partial charge in [-0.2, -0.15) is 0 Å². The molecule has 0 saturated heterocycles. The van der Waals surface area contributed by atoms with Crippen LogP contribution in [0.15, 0.2) is 6.07 Å². The van der Waals surface area contributed by atoms with E-state index in [9.17, 15) is 9.18 Å². The van der Waals surface area contributed by atoms with Crippen LogP contribution >= 0.6 is 11.6 Å². The fourth-order valence-electron chi connectivity index (χ4n) is 4.04. The highest BCUT2D eigenvalue weighted by atomic mass is 35.5. The lowest BCUT2D eigenvalue weighted by atomic mass is 9.87. The van der Waals surface area contributed by atoms with Gasteiger partial charge in [-0.15, -0.1) is 5.10 Å². The molecule has 2 aliphatic rings. The fourth-order valence-corrected chi connectivity index (χ4v) is 4.35. The van der Waals surface area contributed by atoms with Gasteiger partial charge >= 0.3 is 0 Å². The van der Waals surface area contributed by atoms with Crippen molar-refractivity contribution < 1.29 is 9.18 Å². The summed E-state index contributed by atoms with van der Waals surface area (Å²) >= 11 is 6.33. The topological polar surface area (TPSA) is 51.0 Å². The molecule has 0 N–H and O–H groups in total. The number of anilines is 1. The third kappa shape index (κ3) is 2.63. The van der Waals surface area contributed by atoms with Crippen LogP contribution in [0.2, 0.25) is 5.02 Å². The third-order valence-corrected chi connectivity index (χ3v) is 5.75. The Morgan fingerprint density at radius 3 is 3.00 bits per heavy atom. The van der Waals surface area contributed by atoms with Crippen molar-refractivity contribution in [1.29, 1.82) is 0 Å². The standard InChI is InChI=1S/C18H20ClFN4O/c1-10-12-4-3-7-24(17(12)13(19)9-14(10)20)18(25)11-5-6-15-16(8-11)23(2)22-21-15/h9,11H,3-8H2,1-2H3/t11-/m1/s1. The van der Waals surface area contributed by atoms with Gasteiger partial charge in [-0.1, -0.05) is 16.8 Å². The number of rotatable bonds is 1. The van der Waals surface area contributed by atoms with E-state index in [4.69, 9.17) is 11.6 Å². The van der Waals surface area contributed by atoms with Crippen LogP contribution in [-0.4, -0.2) is 27.4 Å². The molecule has 5 nitrogen and oxygen atoms in total. The zero-order valence-electron chi connectivity index (χ0n) is 14.4. The first-order valence-corrected chi connectivity index (χ1v) is 9.01. The lowest BCUT2D eigenvalue weighted by molar-refractivity contribution is -0.122. The third-order valence-electron chi connectivity index (χ3n) is 5.46. The van der Waals surface area contributed by atoms with E-state index >= 15 is 0 Å². The number of hydrogen-bond donors (Lipinski definition) is 0. The van der Waals surface area contributed by atoms with Gasteiger partial charge in [0.2, 0.25) is 5.91 Å². The second-order valence-corrected chi connectivity index (χ2v) is 7.34. The number of aromatic nitrogens is 3. The smallest absolute Gasteiger partial charge is 0.230 e. The molecule has 2 heterocycles. The second kappa shape index (κ2) is 6.09. The number of nitrogens with zero attached hydrogens (tertiary/aromatic N) is 4. The van der Waals surface area contributed by atoms with E-state index in [1.54, 1.807) is 16.5 Å². The molecule has 4 rings (SSSR count). The first kappa shape index (κ1) is 16.5. The van der Waals surface area contributed by atoms with E-state index in [2.05, 4.69) is 10.3 Å². The first-order chi connectivity index (χ1) is 12.0. The molecule has 0 spiro atoms. The Hall–Kier alpha value is -1.95. The molecule has 0 saturated carbocycles. The Morgan fingerprint density at radius 1 is 1.40 bits per heavy atom. The van der Waals surface area contributed by atoms with E-state index in [0.717, 1.165) is 42.6 Å². The van der Waals surface area contributed by atoms with Gasteiger partial charge in [-0.05, 0) is 49.8 Å². The van der Waals surface area contributed by atoms with Gasteiger partial charge in [0.25, 0.3) is 0 Å². The molecule has 1 aromatic carbocycles. The molecular formula is C18H20ClFN4O. The summed E-state index contributed by atoms with van der Waals surface area (Å²) < 4.78 is 15.8. The minimum absolute atomic E-state index is 0.0701. The van der Waals surface area contributed by atoms with Gasteiger partial charge in [0, 0.05) is 25.9 Å². The number of halogens is 2. The normalized spacial score (nSPS) is 19.5. The highest BCUT2D eigenvalue weighted by Crippen LogP contribution is 2.39. The summed E-state index contributed by atoms with van der Waals surface area (Å²) in [5.74, 6) is -0.348. The van der Waals surface area contributed by atoms with Gasteiger partial charge in [-0.25, -0.2) is 4.39 Å². The number of amides is 1. The summed E-state index contributed by atoms with van der Waals surface area (Å²) in [7, 11) is 1.86. The van der Waals surface area contributed by atoms with Crippen LogP contribution in [0.3, 0.4) is 0 Å². The number of hydrogen-bond acceptors (Lipinski definition) is 3. The minimum atomic E-state index is -0.304. The van der Waals surface area contributed by atoms with Crippen LogP contribution in [0, 0.1) is 18.7 Å². The van der Waals surface area contributed by atoms with Crippen molar-refractivity contribution in [3.8, 4) is 0 Å². The average molecular weight is 363 g/mol. The van der Waals surface area contributed by atoms with E-state index in [0.29, 0.717) is 29.2 Å². The Kier molecular flexibility index (Phi) is 4.02. The molecule has 0 radical (unpaired) electrons. The summed E-state index contributed by atoms with van der Waals surface area (Å²) in [6.07, 6.45) is 3.74. The van der Waals surface area contributed by atoms with Crippen molar-refractivity contribution in [1.82, 2.24) is 15.0 Å². The summed E-state index contributed by atoms with van der Waals surface area (Å²) in [4.78, 5) is 15.0. The summed E-state index contributed by atoms with van der Waals surface area (Å²) in [5, 5.41) is 8.54. The molecule has 1 aliphatic heterocycles. The lowest BCUT2D eigenvalue weighted by Crippen LogP contribution is -2.42. The molecule has 1 aromatic heterocycles. The number of carbonyl (C=O) groups is 1. The maximum Gasteiger partial charge on any atom is 0.230 e. The largest absolute Gasteiger partial charge is 0.310 e. The number of fused-ring (bicyclic) bond motifs is 2. The lowest BCUT2D eigenvalue weighted by Gasteiger charge is -2.35. The molecular weight excluding hydrogens is 343 g/mol. The quantitative estimate of drug-likeness (QED) is 0.783. The van der Waals surface area contributed by atoms with Crippen LogP contribution in [0.4, 0.5) is 10.1 Å². The van der Waals surface area contributed by atoms with E-state index in [1.165, 1.54) is 6.07 Å². The molecule has 7 heteroatoms. The van der Waals surface area contributed by atoms with Crippen LogP contribution < -0.4 is 4.90 Å². The van der Waals surface area contributed by atoms with E-state index in [-0.39, 0.29) is 17.6 Å². The molecule has 0 fully saturated rings. The summed E-state index contributed by atoms with van der Waals surface area (Å²) in [6.45, 7) is 2.39. The van der Waals surface area contributed by atoms with Crippen LogP contribution in [-0.2, 0) is 31.1 Å². The van der Waals surface area contributed by atoms with Gasteiger partial charge in [0.05, 0.1) is 22.1 Å². The van der Waals surface area contributed by atoms with Crippen LogP contribution in [0.5, 0.6) is 0 Å². The van der Waals surface area contributed by atoms with Crippen molar-refractivity contribution in [2.45, 2.75) is 39.0 Å². The van der Waals surface area contributed by atoms with Crippen molar-refractivity contribution in [3.63, 3.8) is 0 Å². The van der Waals surface area contributed by atoms with Crippen molar-refractivity contribution in [2.24, 2.45) is 13.0 Å². The number of aryl methyl sites for hydroxylation is 2. The summed E-state index contributed by atoms with van der Waals surface area (Å²) in [5.41, 5.74) is 4.18. The predicted octanol–water partition coefficient (Wildman–Crippen LogP) is 3.00. The Bertz CT molecular complexity index is 863. The predicted molar refractivity (Wildman–Crippen MR) is 93.3 cm³/mol. The molecule has 0 unspecified atom stereocenters. The number of benzene rings is 1. The SMILES string of the molecule is Cc1c(F)cc(Cl)c2c1CCCN2C(=O)[C@@H]1CCc2nnn(C)c2C1. The zero-order chi connectivity index (χ0) is 17.7. The molecule has 25 heavy (non-hydrogen) atoms. The van der Waals surface area contributed by atoms with Crippen LogP contribution in [0.25, 0.3) is 0 Å². The van der Waals surface area contributed by atoms with Crippen molar-refractivity contribution in [2.75, 3.05) is 11.4 Å². The summed E-state index contributed by atoms with van der Waals surface area (Å²) in [6, 6.07) is 1.32. The minimum Gasteiger partial charge on any atom is -0.310 e. The van der Waals surface area contributed by atoms with Crippen molar-refractivity contribution in [3.05, 3.63) is 39.4 Å². The fraction of sp³-hybridized carbons (Fsp3) is 0.500. The number of carbonyl (C=O) groups excluding carboxylic acids is 1. The second-order valence-electron chi connectivity index (χ2n) is 6.93. The Balaban J connectivity index is 1.67. The molecule has 0 bridgehead atoms. The molecule has 1 aliphatic carbocycles. The van der Waals surface area contributed by atoms with Gasteiger partial charge in [0.1, 0.15) is 5.82 Å². The highest BCUT2D eigenvalue weighted by Gasteiger charge is 2.34. The maximum atomic E-state index is 14.0. The average Bonchev–Trinajstić information content (AvgIpc) is 2.99. The monoisotopic (exact) mass is 362 g/mol. The van der Waals surface area contributed by atoms with Crippen molar-refractivity contribution >= 4 is 23.2 Å².